The summed E-state index contributed by atoms with van der Waals surface area (Å²) < 4.78 is 1.98. The Balaban J connectivity index is 1.78. The van der Waals surface area contributed by atoms with Gasteiger partial charge in [0.25, 0.3) is 0 Å². The van der Waals surface area contributed by atoms with Crippen molar-refractivity contribution in [2.45, 2.75) is 52.2 Å². The second-order valence-electron chi connectivity index (χ2n) is 5.35. The molecule has 1 aliphatic heterocycles. The summed E-state index contributed by atoms with van der Waals surface area (Å²) in [5.74, 6) is 0. The van der Waals surface area contributed by atoms with Gasteiger partial charge in [-0.05, 0) is 46.7 Å². The van der Waals surface area contributed by atoms with Crippen LogP contribution < -0.4 is 5.32 Å². The predicted molar refractivity (Wildman–Crippen MR) is 74.6 cm³/mol. The van der Waals surface area contributed by atoms with E-state index in [0.717, 1.165) is 13.1 Å². The highest BCUT2D eigenvalue weighted by Crippen LogP contribution is 2.14. The van der Waals surface area contributed by atoms with E-state index in [1.165, 1.54) is 31.5 Å². The van der Waals surface area contributed by atoms with Gasteiger partial charge in [-0.2, -0.15) is 5.10 Å². The lowest BCUT2D eigenvalue weighted by Gasteiger charge is -2.25. The summed E-state index contributed by atoms with van der Waals surface area (Å²) in [7, 11) is 0. The van der Waals surface area contributed by atoms with Crippen molar-refractivity contribution in [1.82, 2.24) is 20.0 Å². The third-order valence-corrected chi connectivity index (χ3v) is 3.96. The topological polar surface area (TPSA) is 33.1 Å². The van der Waals surface area contributed by atoms with Crippen molar-refractivity contribution in [1.29, 1.82) is 0 Å². The maximum atomic E-state index is 4.33. The molecule has 1 aromatic heterocycles. The predicted octanol–water partition coefficient (Wildman–Crippen LogP) is 2.04. The van der Waals surface area contributed by atoms with Crippen LogP contribution in [0.25, 0.3) is 0 Å². The van der Waals surface area contributed by atoms with Gasteiger partial charge in [-0.15, -0.1) is 0 Å². The van der Waals surface area contributed by atoms with Crippen LogP contribution in [0.3, 0.4) is 0 Å². The van der Waals surface area contributed by atoms with Crippen LogP contribution >= 0.6 is 0 Å². The first-order chi connectivity index (χ1) is 8.70. The molecular weight excluding hydrogens is 224 g/mol. The monoisotopic (exact) mass is 250 g/mol. The van der Waals surface area contributed by atoms with Crippen LogP contribution in [-0.4, -0.2) is 40.4 Å². The first-order valence-corrected chi connectivity index (χ1v) is 7.20. The lowest BCUT2D eigenvalue weighted by Crippen LogP contribution is -2.39. The fraction of sp³-hybridized carbons (Fsp3) is 0.786. The molecule has 18 heavy (non-hydrogen) atoms. The number of hydrogen-bond donors (Lipinski definition) is 1. The molecule has 4 heteroatoms. The lowest BCUT2D eigenvalue weighted by molar-refractivity contribution is 0.247. The van der Waals surface area contributed by atoms with Crippen LogP contribution in [0.5, 0.6) is 0 Å². The van der Waals surface area contributed by atoms with Crippen molar-refractivity contribution in [3.8, 4) is 0 Å². The van der Waals surface area contributed by atoms with Gasteiger partial charge >= 0.3 is 0 Å². The van der Waals surface area contributed by atoms with Crippen LogP contribution in [0.4, 0.5) is 0 Å². The van der Waals surface area contributed by atoms with E-state index in [-0.39, 0.29) is 0 Å². The Bertz CT molecular complexity index is 354. The third-order valence-electron chi connectivity index (χ3n) is 3.96. The van der Waals surface area contributed by atoms with E-state index in [1.807, 2.05) is 10.9 Å². The van der Waals surface area contributed by atoms with Crippen molar-refractivity contribution < 1.29 is 0 Å². The fourth-order valence-electron chi connectivity index (χ4n) is 2.55. The highest BCUT2D eigenvalue weighted by atomic mass is 15.3. The average molecular weight is 250 g/mol. The quantitative estimate of drug-likeness (QED) is 0.838. The largest absolute Gasteiger partial charge is 0.309 e. The van der Waals surface area contributed by atoms with Gasteiger partial charge in [0, 0.05) is 36.9 Å². The zero-order valence-corrected chi connectivity index (χ0v) is 11.9. The van der Waals surface area contributed by atoms with E-state index in [2.05, 4.69) is 42.3 Å². The zero-order chi connectivity index (χ0) is 13.0. The van der Waals surface area contributed by atoms with E-state index in [4.69, 9.17) is 0 Å². The molecule has 0 amide bonds. The van der Waals surface area contributed by atoms with Gasteiger partial charge in [0.15, 0.2) is 0 Å². The molecule has 0 radical (unpaired) electrons. The van der Waals surface area contributed by atoms with Gasteiger partial charge in [-0.3, -0.25) is 9.58 Å². The van der Waals surface area contributed by atoms with Crippen LogP contribution in [0, 0.1) is 0 Å². The Morgan fingerprint density at radius 3 is 2.67 bits per heavy atom. The minimum absolute atomic E-state index is 0.385. The van der Waals surface area contributed by atoms with Gasteiger partial charge in [0.2, 0.25) is 0 Å². The van der Waals surface area contributed by atoms with Gasteiger partial charge in [0.05, 0.1) is 6.20 Å². The fourth-order valence-corrected chi connectivity index (χ4v) is 2.55. The molecule has 102 valence electrons. The molecule has 2 heterocycles. The smallest absolute Gasteiger partial charge is 0.0537 e. The molecule has 1 aromatic rings. The van der Waals surface area contributed by atoms with Crippen molar-refractivity contribution in [2.75, 3.05) is 19.6 Å². The summed E-state index contributed by atoms with van der Waals surface area (Å²) in [5.41, 5.74) is 1.28. The molecule has 1 fully saturated rings. The van der Waals surface area contributed by atoms with Crippen molar-refractivity contribution in [3.05, 3.63) is 18.0 Å². The molecule has 2 unspecified atom stereocenters. The number of aryl methyl sites for hydroxylation is 1. The minimum Gasteiger partial charge on any atom is -0.309 e. The van der Waals surface area contributed by atoms with Crippen LogP contribution in [0.15, 0.2) is 12.4 Å². The second kappa shape index (κ2) is 6.34. The highest BCUT2D eigenvalue weighted by molar-refractivity contribution is 5.09. The summed E-state index contributed by atoms with van der Waals surface area (Å²) >= 11 is 0. The SMILES string of the molecule is CCn1cc(C(C)NCC(C)N2CCCC2)cn1. The van der Waals surface area contributed by atoms with E-state index in [9.17, 15) is 0 Å². The molecule has 1 aliphatic rings. The maximum Gasteiger partial charge on any atom is 0.0537 e. The molecule has 0 spiro atoms. The minimum atomic E-state index is 0.385. The van der Waals surface area contributed by atoms with E-state index in [1.54, 1.807) is 0 Å². The van der Waals surface area contributed by atoms with Gasteiger partial charge in [-0.1, -0.05) is 0 Å². The average Bonchev–Trinajstić information content (AvgIpc) is 3.05. The van der Waals surface area contributed by atoms with E-state index < -0.39 is 0 Å². The first kappa shape index (κ1) is 13.6. The number of hydrogen-bond acceptors (Lipinski definition) is 3. The number of nitrogens with zero attached hydrogens (tertiary/aromatic N) is 3. The molecule has 2 rings (SSSR count). The summed E-state index contributed by atoms with van der Waals surface area (Å²) in [6.45, 7) is 11.2. The Labute approximate surface area is 110 Å². The molecule has 1 N–H and O–H groups in total. The van der Waals surface area contributed by atoms with E-state index >= 15 is 0 Å². The second-order valence-corrected chi connectivity index (χ2v) is 5.35. The van der Waals surface area contributed by atoms with Gasteiger partial charge in [0.1, 0.15) is 0 Å². The van der Waals surface area contributed by atoms with Crippen molar-refractivity contribution >= 4 is 0 Å². The number of rotatable bonds is 6. The zero-order valence-electron chi connectivity index (χ0n) is 11.9. The maximum absolute atomic E-state index is 4.33. The standard InChI is InChI=1S/C14H26N4/c1-4-18-11-14(10-16-18)13(3)15-9-12(2)17-7-5-6-8-17/h10-13,15H,4-9H2,1-3H3. The summed E-state index contributed by atoms with van der Waals surface area (Å²) in [6, 6.07) is 1.02. The van der Waals surface area contributed by atoms with E-state index in [0.29, 0.717) is 12.1 Å². The number of likely N-dealkylation sites (tertiary alicyclic amines) is 1. The van der Waals surface area contributed by atoms with Crippen LogP contribution in [0.2, 0.25) is 0 Å². The van der Waals surface area contributed by atoms with Gasteiger partial charge in [-0.25, -0.2) is 0 Å². The van der Waals surface area contributed by atoms with Crippen molar-refractivity contribution in [2.24, 2.45) is 0 Å². The molecule has 2 atom stereocenters. The Morgan fingerprint density at radius 2 is 2.06 bits per heavy atom. The normalized spacial score (nSPS) is 20.2. The third kappa shape index (κ3) is 3.33. The molecule has 0 saturated carbocycles. The Morgan fingerprint density at radius 1 is 1.33 bits per heavy atom. The molecule has 0 bridgehead atoms. The summed E-state index contributed by atoms with van der Waals surface area (Å²) in [5, 5.41) is 7.94. The Hall–Kier alpha value is -0.870. The molecule has 0 aliphatic carbocycles. The Kier molecular flexibility index (Phi) is 4.78. The first-order valence-electron chi connectivity index (χ1n) is 7.20. The molecule has 4 nitrogen and oxygen atoms in total. The summed E-state index contributed by atoms with van der Waals surface area (Å²) in [4.78, 5) is 2.58. The number of nitrogens with one attached hydrogen (secondary N) is 1. The van der Waals surface area contributed by atoms with Crippen LogP contribution in [-0.2, 0) is 6.54 Å². The van der Waals surface area contributed by atoms with Crippen LogP contribution in [0.1, 0.15) is 45.2 Å². The highest BCUT2D eigenvalue weighted by Gasteiger charge is 2.18. The lowest BCUT2D eigenvalue weighted by atomic mass is 10.2. The summed E-state index contributed by atoms with van der Waals surface area (Å²) in [6.07, 6.45) is 6.84. The van der Waals surface area contributed by atoms with Gasteiger partial charge < -0.3 is 5.32 Å². The number of aromatic nitrogens is 2. The molecular formula is C14H26N4. The molecule has 1 saturated heterocycles. The van der Waals surface area contributed by atoms with Crippen molar-refractivity contribution in [3.63, 3.8) is 0 Å². The molecule has 0 aromatic carbocycles.